The van der Waals surface area contributed by atoms with Gasteiger partial charge < -0.3 is 15.8 Å². The van der Waals surface area contributed by atoms with Crippen molar-refractivity contribution < 1.29 is 9.53 Å². The number of aryl methyl sites for hydroxylation is 1. The van der Waals surface area contributed by atoms with Gasteiger partial charge in [-0.3, -0.25) is 4.79 Å². The number of nitrogens with two attached hydrogens (primary N) is 1. The molecule has 0 fully saturated rings. The maximum Gasteiger partial charge on any atom is 0.265 e. The Balaban J connectivity index is 2.81. The van der Waals surface area contributed by atoms with Crippen molar-refractivity contribution in [2.24, 2.45) is 5.73 Å². The number of hydrogen-bond acceptors (Lipinski definition) is 4. The fraction of sp³-hybridized carbons (Fsp3) is 0.500. The van der Waals surface area contributed by atoms with Crippen LogP contribution in [0, 0.1) is 6.92 Å². The first-order chi connectivity index (χ1) is 7.08. The Bertz CT molecular complexity index is 349. The van der Waals surface area contributed by atoms with E-state index in [1.165, 1.54) is 11.3 Å². The van der Waals surface area contributed by atoms with Crippen LogP contribution in [0.2, 0.25) is 0 Å². The van der Waals surface area contributed by atoms with Gasteiger partial charge in [-0.25, -0.2) is 0 Å². The molecule has 3 N–H and O–H groups in total. The van der Waals surface area contributed by atoms with E-state index in [-0.39, 0.29) is 11.9 Å². The van der Waals surface area contributed by atoms with Gasteiger partial charge >= 0.3 is 0 Å². The normalized spacial score (nSPS) is 12.3. The fourth-order valence-electron chi connectivity index (χ4n) is 1.15. The summed E-state index contributed by atoms with van der Waals surface area (Å²) in [6.45, 7) is 4.24. The van der Waals surface area contributed by atoms with Gasteiger partial charge in [-0.05, 0) is 19.9 Å². The second kappa shape index (κ2) is 5.14. The Labute approximate surface area is 93.4 Å². The van der Waals surface area contributed by atoms with E-state index in [1.54, 1.807) is 7.11 Å². The van der Waals surface area contributed by atoms with Crippen molar-refractivity contribution in [2.45, 2.75) is 19.9 Å². The molecular weight excluding hydrogens is 212 g/mol. The summed E-state index contributed by atoms with van der Waals surface area (Å²) in [5.74, 6) is 0.502. The molecule has 0 aliphatic heterocycles. The molecule has 0 aliphatic carbocycles. The highest BCUT2D eigenvalue weighted by molar-refractivity contribution is 7.14. The van der Waals surface area contributed by atoms with E-state index in [0.29, 0.717) is 17.2 Å². The lowest BCUT2D eigenvalue weighted by Gasteiger charge is -2.10. The Morgan fingerprint density at radius 1 is 1.73 bits per heavy atom. The van der Waals surface area contributed by atoms with Crippen LogP contribution in [0.5, 0.6) is 5.75 Å². The molecule has 84 valence electrons. The molecule has 4 nitrogen and oxygen atoms in total. The van der Waals surface area contributed by atoms with E-state index in [2.05, 4.69) is 5.32 Å². The summed E-state index contributed by atoms with van der Waals surface area (Å²) >= 11 is 1.42. The Kier molecular flexibility index (Phi) is 4.11. The molecule has 1 heterocycles. The number of thiophene rings is 1. The van der Waals surface area contributed by atoms with Crippen LogP contribution in [0.3, 0.4) is 0 Å². The maximum atomic E-state index is 11.8. The van der Waals surface area contributed by atoms with Gasteiger partial charge in [-0.1, -0.05) is 0 Å². The molecule has 1 atom stereocenters. The van der Waals surface area contributed by atoms with Crippen LogP contribution < -0.4 is 15.8 Å². The number of hydrogen-bond donors (Lipinski definition) is 2. The summed E-state index contributed by atoms with van der Waals surface area (Å²) in [5, 5.41) is 2.80. The summed E-state index contributed by atoms with van der Waals surface area (Å²) in [4.78, 5) is 13.4. The molecule has 0 radical (unpaired) electrons. The minimum Gasteiger partial charge on any atom is -0.495 e. The molecule has 1 aromatic rings. The van der Waals surface area contributed by atoms with Crippen LogP contribution in [0.1, 0.15) is 21.5 Å². The molecule has 0 aromatic carbocycles. The average Bonchev–Trinajstić information content (AvgIpc) is 2.59. The SMILES string of the molecule is COc1cc(C)sc1C(=O)N[C@H](C)CN. The van der Waals surface area contributed by atoms with Crippen LogP contribution in [-0.4, -0.2) is 25.6 Å². The summed E-state index contributed by atoms with van der Waals surface area (Å²) in [7, 11) is 1.56. The van der Waals surface area contributed by atoms with Crippen molar-refractivity contribution >= 4 is 17.2 Å². The molecule has 1 rings (SSSR count). The molecule has 0 spiro atoms. The van der Waals surface area contributed by atoms with Crippen LogP contribution in [0.15, 0.2) is 6.07 Å². The summed E-state index contributed by atoms with van der Waals surface area (Å²) in [5.41, 5.74) is 5.43. The van der Waals surface area contributed by atoms with Gasteiger partial charge in [0.05, 0.1) is 7.11 Å². The van der Waals surface area contributed by atoms with Gasteiger partial charge in [0.1, 0.15) is 10.6 Å². The Morgan fingerprint density at radius 2 is 2.40 bits per heavy atom. The highest BCUT2D eigenvalue weighted by Gasteiger charge is 2.16. The lowest BCUT2D eigenvalue weighted by Crippen LogP contribution is -2.37. The van der Waals surface area contributed by atoms with Gasteiger partial charge in [0.2, 0.25) is 0 Å². The Hall–Kier alpha value is -1.07. The van der Waals surface area contributed by atoms with E-state index in [1.807, 2.05) is 19.9 Å². The zero-order valence-corrected chi connectivity index (χ0v) is 9.98. The molecule has 0 saturated carbocycles. The first kappa shape index (κ1) is 12.0. The molecule has 0 saturated heterocycles. The molecule has 1 amide bonds. The number of carbonyl (C=O) groups is 1. The topological polar surface area (TPSA) is 64.3 Å². The van der Waals surface area contributed by atoms with Crippen LogP contribution in [-0.2, 0) is 0 Å². The third-order valence-electron chi connectivity index (χ3n) is 1.98. The maximum absolute atomic E-state index is 11.8. The lowest BCUT2D eigenvalue weighted by molar-refractivity contribution is 0.0942. The first-order valence-electron chi connectivity index (χ1n) is 4.73. The zero-order chi connectivity index (χ0) is 11.4. The van der Waals surface area contributed by atoms with E-state index in [0.717, 1.165) is 4.88 Å². The van der Waals surface area contributed by atoms with Crippen molar-refractivity contribution in [3.8, 4) is 5.75 Å². The van der Waals surface area contributed by atoms with Crippen LogP contribution in [0.25, 0.3) is 0 Å². The van der Waals surface area contributed by atoms with Gasteiger partial charge in [-0.2, -0.15) is 0 Å². The van der Waals surface area contributed by atoms with Crippen molar-refractivity contribution in [1.82, 2.24) is 5.32 Å². The molecular formula is C10H16N2O2S. The zero-order valence-electron chi connectivity index (χ0n) is 9.16. The van der Waals surface area contributed by atoms with Gasteiger partial charge in [0, 0.05) is 17.5 Å². The minimum absolute atomic E-state index is 0.0235. The molecule has 1 aromatic heterocycles. The number of amides is 1. The highest BCUT2D eigenvalue weighted by Crippen LogP contribution is 2.28. The van der Waals surface area contributed by atoms with Crippen molar-refractivity contribution in [2.75, 3.05) is 13.7 Å². The van der Waals surface area contributed by atoms with Crippen LogP contribution >= 0.6 is 11.3 Å². The molecule has 0 bridgehead atoms. The molecule has 15 heavy (non-hydrogen) atoms. The van der Waals surface area contributed by atoms with E-state index < -0.39 is 0 Å². The second-order valence-corrected chi connectivity index (χ2v) is 4.62. The summed E-state index contributed by atoms with van der Waals surface area (Å²) in [6, 6.07) is 1.83. The molecule has 0 aliphatic rings. The number of ether oxygens (including phenoxy) is 1. The summed E-state index contributed by atoms with van der Waals surface area (Å²) in [6.07, 6.45) is 0. The molecule has 5 heteroatoms. The number of methoxy groups -OCH3 is 1. The van der Waals surface area contributed by atoms with E-state index >= 15 is 0 Å². The number of carbonyl (C=O) groups excluding carboxylic acids is 1. The standard InChI is InChI=1S/C10H16N2O2S/c1-6(5-11)12-10(13)9-8(14-3)4-7(2)15-9/h4,6H,5,11H2,1-3H3,(H,12,13)/t6-/m1/s1. The second-order valence-electron chi connectivity index (χ2n) is 3.36. The minimum atomic E-state index is -0.122. The quantitative estimate of drug-likeness (QED) is 0.812. The fourth-order valence-corrected chi connectivity index (χ4v) is 2.03. The Morgan fingerprint density at radius 3 is 2.93 bits per heavy atom. The average molecular weight is 228 g/mol. The smallest absolute Gasteiger partial charge is 0.265 e. The predicted octanol–water partition coefficient (Wildman–Crippen LogP) is 1.14. The van der Waals surface area contributed by atoms with Crippen molar-refractivity contribution in [3.05, 3.63) is 15.8 Å². The van der Waals surface area contributed by atoms with Crippen molar-refractivity contribution in [1.29, 1.82) is 0 Å². The number of rotatable bonds is 4. The van der Waals surface area contributed by atoms with Gasteiger partial charge in [0.25, 0.3) is 5.91 Å². The third-order valence-corrected chi connectivity index (χ3v) is 3.01. The first-order valence-corrected chi connectivity index (χ1v) is 5.55. The van der Waals surface area contributed by atoms with Gasteiger partial charge in [0.15, 0.2) is 0 Å². The van der Waals surface area contributed by atoms with Gasteiger partial charge in [-0.15, -0.1) is 11.3 Å². The van der Waals surface area contributed by atoms with Crippen molar-refractivity contribution in [3.63, 3.8) is 0 Å². The van der Waals surface area contributed by atoms with Crippen LogP contribution in [0.4, 0.5) is 0 Å². The highest BCUT2D eigenvalue weighted by atomic mass is 32.1. The largest absolute Gasteiger partial charge is 0.495 e. The summed E-state index contributed by atoms with van der Waals surface area (Å²) < 4.78 is 5.12. The van der Waals surface area contributed by atoms with E-state index in [4.69, 9.17) is 10.5 Å². The molecule has 0 unspecified atom stereocenters. The third kappa shape index (κ3) is 2.94. The number of nitrogens with one attached hydrogen (secondary N) is 1. The lowest BCUT2D eigenvalue weighted by atomic mass is 10.3. The monoisotopic (exact) mass is 228 g/mol. The predicted molar refractivity (Wildman–Crippen MR) is 61.6 cm³/mol. The van der Waals surface area contributed by atoms with E-state index in [9.17, 15) is 4.79 Å².